The summed E-state index contributed by atoms with van der Waals surface area (Å²) in [5.74, 6) is -0.698. The molecule has 0 atom stereocenters. The molecule has 0 saturated heterocycles. The summed E-state index contributed by atoms with van der Waals surface area (Å²) in [7, 11) is 0. The number of fused-ring (bicyclic) bond motifs is 1. The molecule has 0 saturated carbocycles. The molecule has 0 unspecified atom stereocenters. The minimum Gasteiger partial charge on any atom is -0.326 e. The monoisotopic (exact) mass is 417 g/mol. The van der Waals surface area contributed by atoms with Crippen molar-refractivity contribution in [1.29, 1.82) is 0 Å². The minimum atomic E-state index is -0.477. The zero-order valence-electron chi connectivity index (χ0n) is 15.7. The molecule has 0 spiro atoms. The molecule has 5 nitrogen and oxygen atoms in total. The molecule has 28 heavy (non-hydrogen) atoms. The zero-order chi connectivity index (χ0) is 20.3. The molecule has 3 aromatic rings. The second-order valence-corrected chi connectivity index (χ2v) is 9.44. The van der Waals surface area contributed by atoms with Crippen LogP contribution in [0.2, 0.25) is 0 Å². The number of hydrogen-bond acceptors (Lipinski definition) is 5. The molecule has 0 fully saturated rings. The SMILES string of the molecule is CC(C)(C)C(=O)Nc1ccc2nc(SCC(=O)Nc3ccccc3F)sc2c1. The smallest absolute Gasteiger partial charge is 0.234 e. The average Bonchev–Trinajstić information content (AvgIpc) is 3.03. The highest BCUT2D eigenvalue weighted by molar-refractivity contribution is 8.01. The maximum Gasteiger partial charge on any atom is 0.234 e. The Hall–Kier alpha value is -2.45. The predicted molar refractivity (Wildman–Crippen MR) is 113 cm³/mol. The number of thioether (sulfide) groups is 1. The maximum absolute atomic E-state index is 13.6. The summed E-state index contributed by atoms with van der Waals surface area (Å²) >= 11 is 2.73. The largest absolute Gasteiger partial charge is 0.326 e. The van der Waals surface area contributed by atoms with E-state index in [0.717, 1.165) is 14.6 Å². The van der Waals surface area contributed by atoms with E-state index >= 15 is 0 Å². The van der Waals surface area contributed by atoms with Crippen LogP contribution in [0.4, 0.5) is 15.8 Å². The highest BCUT2D eigenvalue weighted by Crippen LogP contribution is 2.31. The number of aromatic nitrogens is 1. The van der Waals surface area contributed by atoms with Crippen LogP contribution in [-0.2, 0) is 9.59 Å². The summed E-state index contributed by atoms with van der Waals surface area (Å²) in [6.45, 7) is 5.57. The van der Waals surface area contributed by atoms with E-state index in [1.807, 2.05) is 39.0 Å². The first-order chi connectivity index (χ1) is 13.2. The number of para-hydroxylation sites is 1. The molecule has 0 aliphatic rings. The lowest BCUT2D eigenvalue weighted by molar-refractivity contribution is -0.123. The third-order valence-electron chi connectivity index (χ3n) is 3.78. The van der Waals surface area contributed by atoms with Crippen molar-refractivity contribution in [3.8, 4) is 0 Å². The Kier molecular flexibility index (Phi) is 6.00. The molecule has 2 N–H and O–H groups in total. The van der Waals surface area contributed by atoms with Gasteiger partial charge in [0.15, 0.2) is 4.34 Å². The predicted octanol–water partition coefficient (Wildman–Crippen LogP) is 5.15. The maximum atomic E-state index is 13.6. The van der Waals surface area contributed by atoms with E-state index in [0.29, 0.717) is 5.69 Å². The molecule has 2 aromatic carbocycles. The Balaban J connectivity index is 1.63. The molecule has 146 valence electrons. The molecule has 8 heteroatoms. The van der Waals surface area contributed by atoms with Crippen molar-refractivity contribution in [3.63, 3.8) is 0 Å². The zero-order valence-corrected chi connectivity index (χ0v) is 17.3. The highest BCUT2D eigenvalue weighted by Gasteiger charge is 2.21. The number of nitrogens with zero attached hydrogens (tertiary/aromatic N) is 1. The third-order valence-corrected chi connectivity index (χ3v) is 5.94. The van der Waals surface area contributed by atoms with Crippen molar-refractivity contribution >= 4 is 56.5 Å². The van der Waals surface area contributed by atoms with Crippen LogP contribution in [0.25, 0.3) is 10.2 Å². The normalized spacial score (nSPS) is 11.4. The van der Waals surface area contributed by atoms with Gasteiger partial charge in [0.2, 0.25) is 11.8 Å². The fourth-order valence-electron chi connectivity index (χ4n) is 2.24. The van der Waals surface area contributed by atoms with E-state index < -0.39 is 11.2 Å². The number of carbonyl (C=O) groups excluding carboxylic acids is 2. The van der Waals surface area contributed by atoms with Crippen LogP contribution in [0.1, 0.15) is 20.8 Å². The van der Waals surface area contributed by atoms with Gasteiger partial charge in [-0.3, -0.25) is 9.59 Å². The van der Waals surface area contributed by atoms with Crippen molar-refractivity contribution in [3.05, 3.63) is 48.3 Å². The van der Waals surface area contributed by atoms with E-state index in [2.05, 4.69) is 15.6 Å². The average molecular weight is 418 g/mol. The molecule has 2 amide bonds. The summed E-state index contributed by atoms with van der Waals surface area (Å²) in [5, 5.41) is 5.45. The third kappa shape index (κ3) is 5.08. The van der Waals surface area contributed by atoms with E-state index in [9.17, 15) is 14.0 Å². The molecular formula is C20H20FN3O2S2. The van der Waals surface area contributed by atoms with E-state index in [-0.39, 0.29) is 23.3 Å². The van der Waals surface area contributed by atoms with Gasteiger partial charge in [-0.05, 0) is 30.3 Å². The quantitative estimate of drug-likeness (QED) is 0.563. The van der Waals surface area contributed by atoms with Gasteiger partial charge in [0, 0.05) is 11.1 Å². The Morgan fingerprint density at radius 3 is 2.61 bits per heavy atom. The van der Waals surface area contributed by atoms with Crippen molar-refractivity contribution in [2.45, 2.75) is 25.1 Å². The molecule has 1 aromatic heterocycles. The Labute approximate surface area is 170 Å². The topological polar surface area (TPSA) is 71.1 Å². The van der Waals surface area contributed by atoms with Gasteiger partial charge < -0.3 is 10.6 Å². The van der Waals surface area contributed by atoms with Crippen molar-refractivity contribution in [2.75, 3.05) is 16.4 Å². The standard InChI is InChI=1S/C20H20FN3O2S2/c1-20(2,3)18(26)22-12-8-9-15-16(10-12)28-19(24-15)27-11-17(25)23-14-7-5-4-6-13(14)21/h4-10H,11H2,1-3H3,(H,22,26)(H,23,25). The van der Waals surface area contributed by atoms with Crippen LogP contribution in [0.3, 0.4) is 0 Å². The number of nitrogens with one attached hydrogen (secondary N) is 2. The molecule has 0 bridgehead atoms. The van der Waals surface area contributed by atoms with E-state index in [1.54, 1.807) is 12.1 Å². The molecule has 3 rings (SSSR count). The summed E-state index contributed by atoms with van der Waals surface area (Å²) in [5.41, 5.74) is 1.20. The lowest BCUT2D eigenvalue weighted by Gasteiger charge is -2.17. The number of rotatable bonds is 5. The van der Waals surface area contributed by atoms with Gasteiger partial charge in [0.1, 0.15) is 5.82 Å². The van der Waals surface area contributed by atoms with Gasteiger partial charge >= 0.3 is 0 Å². The Morgan fingerprint density at radius 1 is 1.14 bits per heavy atom. The van der Waals surface area contributed by atoms with Crippen LogP contribution < -0.4 is 10.6 Å². The van der Waals surface area contributed by atoms with Crippen molar-refractivity contribution in [1.82, 2.24) is 4.98 Å². The second-order valence-electron chi connectivity index (χ2n) is 7.18. The van der Waals surface area contributed by atoms with Gasteiger partial charge in [0.25, 0.3) is 0 Å². The second kappa shape index (κ2) is 8.28. The lowest BCUT2D eigenvalue weighted by atomic mass is 9.95. The number of hydrogen-bond donors (Lipinski definition) is 2. The van der Waals surface area contributed by atoms with Crippen molar-refractivity contribution in [2.24, 2.45) is 5.41 Å². The summed E-state index contributed by atoms with van der Waals surface area (Å²) in [4.78, 5) is 28.7. The Morgan fingerprint density at radius 2 is 1.89 bits per heavy atom. The fourth-order valence-corrected chi connectivity index (χ4v) is 4.15. The first-order valence-electron chi connectivity index (χ1n) is 8.61. The first-order valence-corrected chi connectivity index (χ1v) is 10.4. The number of benzene rings is 2. The van der Waals surface area contributed by atoms with Crippen LogP contribution in [0.5, 0.6) is 0 Å². The first kappa shape index (κ1) is 20.3. The number of amides is 2. The fraction of sp³-hybridized carbons (Fsp3) is 0.250. The molecular weight excluding hydrogens is 397 g/mol. The van der Waals surface area contributed by atoms with Gasteiger partial charge in [-0.25, -0.2) is 9.37 Å². The van der Waals surface area contributed by atoms with E-state index in [1.165, 1.54) is 35.2 Å². The Bertz CT molecular complexity index is 1030. The number of thiazole rings is 1. The number of anilines is 2. The van der Waals surface area contributed by atoms with Crippen molar-refractivity contribution < 1.29 is 14.0 Å². The molecule has 0 aliphatic heterocycles. The lowest BCUT2D eigenvalue weighted by Crippen LogP contribution is -2.27. The van der Waals surface area contributed by atoms with Crippen LogP contribution in [-0.4, -0.2) is 22.6 Å². The molecule has 1 heterocycles. The van der Waals surface area contributed by atoms with Gasteiger partial charge in [0.05, 0.1) is 21.7 Å². The van der Waals surface area contributed by atoms with Gasteiger partial charge in [-0.15, -0.1) is 11.3 Å². The minimum absolute atomic E-state index is 0.0595. The molecule has 0 radical (unpaired) electrons. The summed E-state index contributed by atoms with van der Waals surface area (Å²) < 4.78 is 15.2. The summed E-state index contributed by atoms with van der Waals surface area (Å²) in [6.07, 6.45) is 0. The van der Waals surface area contributed by atoms with E-state index in [4.69, 9.17) is 0 Å². The summed E-state index contributed by atoms with van der Waals surface area (Å²) in [6, 6.07) is 11.6. The molecule has 0 aliphatic carbocycles. The van der Waals surface area contributed by atoms with Gasteiger partial charge in [-0.1, -0.05) is 44.7 Å². The van der Waals surface area contributed by atoms with Crippen LogP contribution in [0, 0.1) is 11.2 Å². The number of halogens is 1. The van der Waals surface area contributed by atoms with Crippen LogP contribution >= 0.6 is 23.1 Å². The van der Waals surface area contributed by atoms with Crippen LogP contribution in [0.15, 0.2) is 46.8 Å². The highest BCUT2D eigenvalue weighted by atomic mass is 32.2. The van der Waals surface area contributed by atoms with Gasteiger partial charge in [-0.2, -0.15) is 0 Å². The number of carbonyl (C=O) groups is 2.